The summed E-state index contributed by atoms with van der Waals surface area (Å²) in [6, 6.07) is 6.13. The van der Waals surface area contributed by atoms with Crippen LogP contribution in [0.1, 0.15) is 37.6 Å². The van der Waals surface area contributed by atoms with Crippen LogP contribution in [0.4, 0.5) is 0 Å². The normalized spacial score (nSPS) is 11.3. The Morgan fingerprint density at radius 2 is 1.83 bits per heavy atom. The van der Waals surface area contributed by atoms with E-state index in [0.29, 0.717) is 19.0 Å². The third-order valence-corrected chi connectivity index (χ3v) is 2.79. The number of carbonyl (C=O) groups is 1. The van der Waals surface area contributed by atoms with Crippen LogP contribution in [-0.4, -0.2) is 24.8 Å². The topological polar surface area (TPSA) is 58.6 Å². The lowest BCUT2D eigenvalue weighted by Crippen LogP contribution is -2.25. The minimum Gasteiger partial charge on any atom is -0.545 e. The highest BCUT2D eigenvalue weighted by atomic mass is 16.5. The van der Waals surface area contributed by atoms with Gasteiger partial charge in [0.2, 0.25) is 0 Å². The lowest BCUT2D eigenvalue weighted by Gasteiger charge is -2.23. The van der Waals surface area contributed by atoms with Crippen molar-refractivity contribution in [2.45, 2.75) is 32.8 Å². The van der Waals surface area contributed by atoms with E-state index in [4.69, 9.17) is 9.47 Å². The Hall–Kier alpha value is -1.55. The molecule has 0 saturated carbocycles. The molecule has 0 aliphatic rings. The minimum atomic E-state index is -1.19. The molecular weight excluding hydrogens is 232 g/mol. The molecule has 0 aliphatic heterocycles. The lowest BCUT2D eigenvalue weighted by atomic mass is 10.1. The largest absolute Gasteiger partial charge is 0.545 e. The second kappa shape index (κ2) is 6.40. The maximum atomic E-state index is 10.5. The standard InChI is InChI=1S/C14H20O4/c1-4-14(2,3)18-10-9-17-12-7-5-11(6-8-12)13(15)16/h5-8H,4,9-10H2,1-3H3,(H,15,16)/p-1. The fourth-order valence-electron chi connectivity index (χ4n) is 1.27. The zero-order chi connectivity index (χ0) is 13.6. The average Bonchev–Trinajstić information content (AvgIpc) is 2.35. The van der Waals surface area contributed by atoms with E-state index in [9.17, 15) is 9.90 Å². The monoisotopic (exact) mass is 251 g/mol. The quantitative estimate of drug-likeness (QED) is 0.691. The zero-order valence-corrected chi connectivity index (χ0v) is 11.1. The van der Waals surface area contributed by atoms with Gasteiger partial charge in [0.1, 0.15) is 12.4 Å². The number of hydrogen-bond donors (Lipinski definition) is 0. The molecule has 1 aromatic carbocycles. The van der Waals surface area contributed by atoms with Gasteiger partial charge >= 0.3 is 0 Å². The second-order valence-corrected chi connectivity index (χ2v) is 4.62. The van der Waals surface area contributed by atoms with Gasteiger partial charge in [-0.15, -0.1) is 0 Å². The van der Waals surface area contributed by atoms with Crippen molar-refractivity contribution in [3.63, 3.8) is 0 Å². The first-order valence-electron chi connectivity index (χ1n) is 6.03. The van der Waals surface area contributed by atoms with Crippen molar-refractivity contribution >= 4 is 5.97 Å². The SMILES string of the molecule is CCC(C)(C)OCCOc1ccc(C(=O)[O-])cc1. The number of carboxylic acid groups (broad SMARTS) is 1. The van der Waals surface area contributed by atoms with E-state index >= 15 is 0 Å². The Labute approximate surface area is 108 Å². The predicted octanol–water partition coefficient (Wildman–Crippen LogP) is 1.63. The van der Waals surface area contributed by atoms with Crippen LogP contribution in [0.25, 0.3) is 0 Å². The van der Waals surface area contributed by atoms with Gasteiger partial charge < -0.3 is 19.4 Å². The molecule has 4 heteroatoms. The van der Waals surface area contributed by atoms with Crippen LogP contribution in [0, 0.1) is 0 Å². The van der Waals surface area contributed by atoms with E-state index in [2.05, 4.69) is 6.92 Å². The van der Waals surface area contributed by atoms with Crippen LogP contribution < -0.4 is 9.84 Å². The number of benzene rings is 1. The minimum absolute atomic E-state index is 0.137. The molecule has 1 rings (SSSR count). The highest BCUT2D eigenvalue weighted by molar-refractivity contribution is 5.85. The van der Waals surface area contributed by atoms with Crippen molar-refractivity contribution in [3.05, 3.63) is 29.8 Å². The molecule has 0 amide bonds. The van der Waals surface area contributed by atoms with Gasteiger partial charge in [0.15, 0.2) is 0 Å². The molecule has 0 radical (unpaired) electrons. The van der Waals surface area contributed by atoms with E-state index in [1.54, 1.807) is 12.1 Å². The Morgan fingerprint density at radius 1 is 1.22 bits per heavy atom. The number of carbonyl (C=O) groups excluding carboxylic acids is 1. The number of hydrogen-bond acceptors (Lipinski definition) is 4. The molecular formula is C14H19O4-. The summed E-state index contributed by atoms with van der Waals surface area (Å²) >= 11 is 0. The van der Waals surface area contributed by atoms with E-state index in [1.807, 2.05) is 13.8 Å². The number of carboxylic acids is 1. The number of aromatic carboxylic acids is 1. The number of ether oxygens (including phenoxy) is 2. The average molecular weight is 251 g/mol. The van der Waals surface area contributed by atoms with Crippen LogP contribution in [0.5, 0.6) is 5.75 Å². The summed E-state index contributed by atoms with van der Waals surface area (Å²) < 4.78 is 11.1. The van der Waals surface area contributed by atoms with Crippen molar-refractivity contribution in [3.8, 4) is 5.75 Å². The maximum Gasteiger partial charge on any atom is 0.119 e. The fourth-order valence-corrected chi connectivity index (χ4v) is 1.27. The van der Waals surface area contributed by atoms with Crippen molar-refractivity contribution in [2.75, 3.05) is 13.2 Å². The van der Waals surface area contributed by atoms with Gasteiger partial charge in [0.25, 0.3) is 0 Å². The van der Waals surface area contributed by atoms with Gasteiger partial charge in [0.05, 0.1) is 18.2 Å². The summed E-state index contributed by atoms with van der Waals surface area (Å²) in [5.74, 6) is -0.563. The molecule has 0 N–H and O–H groups in total. The second-order valence-electron chi connectivity index (χ2n) is 4.62. The van der Waals surface area contributed by atoms with E-state index in [0.717, 1.165) is 6.42 Å². The first-order valence-corrected chi connectivity index (χ1v) is 6.03. The van der Waals surface area contributed by atoms with E-state index in [-0.39, 0.29) is 11.2 Å². The highest BCUT2D eigenvalue weighted by Crippen LogP contribution is 2.14. The van der Waals surface area contributed by atoms with Gasteiger partial charge in [-0.05, 0) is 50.1 Å². The van der Waals surface area contributed by atoms with E-state index in [1.165, 1.54) is 12.1 Å². The lowest BCUT2D eigenvalue weighted by molar-refractivity contribution is -0.255. The Morgan fingerprint density at radius 3 is 2.33 bits per heavy atom. The smallest absolute Gasteiger partial charge is 0.119 e. The van der Waals surface area contributed by atoms with Crippen LogP contribution in [0.3, 0.4) is 0 Å². The van der Waals surface area contributed by atoms with Gasteiger partial charge in [0, 0.05) is 0 Å². The van der Waals surface area contributed by atoms with E-state index < -0.39 is 5.97 Å². The Kier molecular flexibility index (Phi) is 5.16. The van der Waals surface area contributed by atoms with Crippen molar-refractivity contribution < 1.29 is 19.4 Å². The predicted molar refractivity (Wildman–Crippen MR) is 66.6 cm³/mol. The highest BCUT2D eigenvalue weighted by Gasteiger charge is 2.14. The van der Waals surface area contributed by atoms with Crippen LogP contribution >= 0.6 is 0 Å². The number of rotatable bonds is 7. The van der Waals surface area contributed by atoms with Crippen LogP contribution in [0.2, 0.25) is 0 Å². The molecule has 1 aromatic rings. The van der Waals surface area contributed by atoms with Crippen LogP contribution in [-0.2, 0) is 4.74 Å². The van der Waals surface area contributed by atoms with Gasteiger partial charge in [-0.3, -0.25) is 0 Å². The summed E-state index contributed by atoms with van der Waals surface area (Å²) in [5, 5.41) is 10.5. The summed E-state index contributed by atoms with van der Waals surface area (Å²) in [4.78, 5) is 10.5. The fraction of sp³-hybridized carbons (Fsp3) is 0.500. The third-order valence-electron chi connectivity index (χ3n) is 2.79. The molecule has 0 atom stereocenters. The molecule has 0 bridgehead atoms. The summed E-state index contributed by atoms with van der Waals surface area (Å²) in [6.45, 7) is 7.07. The summed E-state index contributed by atoms with van der Waals surface area (Å²) in [7, 11) is 0. The molecule has 0 saturated heterocycles. The Balaban J connectivity index is 2.34. The van der Waals surface area contributed by atoms with Gasteiger partial charge in [-0.1, -0.05) is 6.92 Å². The molecule has 0 fully saturated rings. The first-order chi connectivity index (χ1) is 8.44. The van der Waals surface area contributed by atoms with Crippen molar-refractivity contribution in [1.29, 1.82) is 0 Å². The van der Waals surface area contributed by atoms with Gasteiger partial charge in [-0.25, -0.2) is 0 Å². The first kappa shape index (κ1) is 14.5. The molecule has 0 aromatic heterocycles. The van der Waals surface area contributed by atoms with Crippen molar-refractivity contribution in [1.82, 2.24) is 0 Å². The zero-order valence-electron chi connectivity index (χ0n) is 11.1. The van der Waals surface area contributed by atoms with Crippen molar-refractivity contribution in [2.24, 2.45) is 0 Å². The molecule has 0 unspecified atom stereocenters. The molecule has 0 heterocycles. The molecule has 0 spiro atoms. The molecule has 100 valence electrons. The molecule has 0 aliphatic carbocycles. The van der Waals surface area contributed by atoms with Crippen LogP contribution in [0.15, 0.2) is 24.3 Å². The third kappa shape index (κ3) is 4.75. The molecule has 4 nitrogen and oxygen atoms in total. The summed E-state index contributed by atoms with van der Waals surface area (Å²) in [5.41, 5.74) is 0.00747. The van der Waals surface area contributed by atoms with Gasteiger partial charge in [-0.2, -0.15) is 0 Å². The Bertz CT molecular complexity index is 381. The molecule has 18 heavy (non-hydrogen) atoms. The maximum absolute atomic E-state index is 10.5. The summed E-state index contributed by atoms with van der Waals surface area (Å²) in [6.07, 6.45) is 0.938.